The van der Waals surface area contributed by atoms with Crippen molar-refractivity contribution in [1.82, 2.24) is 5.32 Å². The maximum absolute atomic E-state index is 13.1. The van der Waals surface area contributed by atoms with Gasteiger partial charge in [-0.05, 0) is 87.0 Å². The lowest BCUT2D eigenvalue weighted by Crippen LogP contribution is -2.31. The highest BCUT2D eigenvalue weighted by atomic mass is 32.2. The van der Waals surface area contributed by atoms with Crippen molar-refractivity contribution < 1.29 is 13.2 Å². The fourth-order valence-corrected chi connectivity index (χ4v) is 5.38. The van der Waals surface area contributed by atoms with Crippen LogP contribution < -0.4 is 9.62 Å². The molecule has 0 aliphatic rings. The first kappa shape index (κ1) is 24.9. The fourth-order valence-electron chi connectivity index (χ4n) is 3.50. The second-order valence-corrected chi connectivity index (χ2v) is 10.5. The average Bonchev–Trinajstić information content (AvgIpc) is 2.83. The first-order chi connectivity index (χ1) is 15.8. The summed E-state index contributed by atoms with van der Waals surface area (Å²) >= 11 is 1.56. The molecule has 1 N–H and O–H groups in total. The molecular formula is C26H30N2O3S2. The summed E-state index contributed by atoms with van der Waals surface area (Å²) < 4.78 is 27.6. The molecule has 5 nitrogen and oxygen atoms in total. The third kappa shape index (κ3) is 6.39. The molecule has 0 unspecified atom stereocenters. The molecule has 0 spiro atoms. The van der Waals surface area contributed by atoms with Crippen LogP contribution in [0.25, 0.3) is 0 Å². The smallest absolute Gasteiger partial charge is 0.264 e. The molecule has 0 saturated heterocycles. The van der Waals surface area contributed by atoms with E-state index in [4.69, 9.17) is 0 Å². The van der Waals surface area contributed by atoms with Gasteiger partial charge in [0, 0.05) is 23.5 Å². The molecule has 3 aromatic carbocycles. The minimum Gasteiger partial charge on any atom is -0.352 e. The Morgan fingerprint density at radius 3 is 2.15 bits per heavy atom. The number of sulfonamides is 1. The molecule has 0 aliphatic heterocycles. The van der Waals surface area contributed by atoms with Crippen molar-refractivity contribution in [2.45, 2.75) is 36.5 Å². The molecule has 0 saturated carbocycles. The van der Waals surface area contributed by atoms with Gasteiger partial charge in [-0.2, -0.15) is 0 Å². The van der Waals surface area contributed by atoms with Crippen molar-refractivity contribution in [3.63, 3.8) is 0 Å². The van der Waals surface area contributed by atoms with Gasteiger partial charge < -0.3 is 5.32 Å². The zero-order valence-corrected chi connectivity index (χ0v) is 20.9. The predicted octanol–water partition coefficient (Wildman–Crippen LogP) is 5.29. The number of aryl methyl sites for hydroxylation is 2. The van der Waals surface area contributed by atoms with Crippen molar-refractivity contribution in [2.24, 2.45) is 0 Å². The minimum absolute atomic E-state index is 0.163. The van der Waals surface area contributed by atoms with Gasteiger partial charge in [0.1, 0.15) is 0 Å². The van der Waals surface area contributed by atoms with E-state index in [1.807, 2.05) is 6.26 Å². The second-order valence-electron chi connectivity index (χ2n) is 7.74. The molecule has 3 aromatic rings. The van der Waals surface area contributed by atoms with Crippen LogP contribution in [0, 0.1) is 6.92 Å². The molecule has 0 atom stereocenters. The highest BCUT2D eigenvalue weighted by Gasteiger charge is 2.23. The lowest BCUT2D eigenvalue weighted by molar-refractivity contribution is 0.0953. The fraction of sp³-hybridized carbons (Fsp3) is 0.269. The second kappa shape index (κ2) is 11.4. The monoisotopic (exact) mass is 482 g/mol. The van der Waals surface area contributed by atoms with E-state index >= 15 is 0 Å². The van der Waals surface area contributed by atoms with Crippen molar-refractivity contribution in [3.05, 3.63) is 89.5 Å². The minimum atomic E-state index is -3.69. The number of anilines is 1. The largest absolute Gasteiger partial charge is 0.352 e. The summed E-state index contributed by atoms with van der Waals surface area (Å²) in [5.74, 6) is -0.163. The van der Waals surface area contributed by atoms with Gasteiger partial charge in [0.15, 0.2) is 0 Å². The summed E-state index contributed by atoms with van der Waals surface area (Å²) in [6.07, 6.45) is 3.70. The quantitative estimate of drug-likeness (QED) is 0.315. The lowest BCUT2D eigenvalue weighted by atomic mass is 10.1. The van der Waals surface area contributed by atoms with Gasteiger partial charge in [-0.25, -0.2) is 8.42 Å². The first-order valence-electron chi connectivity index (χ1n) is 11.0. The van der Waals surface area contributed by atoms with Crippen LogP contribution in [-0.2, 0) is 16.4 Å². The van der Waals surface area contributed by atoms with Crippen LogP contribution in [0.15, 0.2) is 82.6 Å². The zero-order chi connectivity index (χ0) is 23.8. The number of nitrogens with zero attached hydrogens (tertiary/aromatic N) is 1. The van der Waals surface area contributed by atoms with Crippen molar-refractivity contribution >= 4 is 33.4 Å². The maximum Gasteiger partial charge on any atom is 0.264 e. The SMILES string of the molecule is CCN(c1ccc(C(=O)NCCCc2ccc(C)cc2)cc1)S(=O)(=O)c1ccc(SC)cc1. The molecule has 0 radical (unpaired) electrons. The third-order valence-corrected chi connectivity index (χ3v) is 8.06. The predicted molar refractivity (Wildman–Crippen MR) is 137 cm³/mol. The Balaban J connectivity index is 1.61. The Bertz CT molecular complexity index is 1160. The number of benzene rings is 3. The van der Waals surface area contributed by atoms with E-state index in [0.29, 0.717) is 17.8 Å². The molecular weight excluding hydrogens is 452 g/mol. The molecule has 7 heteroatoms. The number of carbonyl (C=O) groups is 1. The van der Waals surface area contributed by atoms with E-state index in [0.717, 1.165) is 17.7 Å². The Morgan fingerprint density at radius 1 is 0.939 bits per heavy atom. The van der Waals surface area contributed by atoms with Crippen LogP contribution in [-0.4, -0.2) is 33.7 Å². The third-order valence-electron chi connectivity index (χ3n) is 5.40. The Labute approximate surface area is 201 Å². The van der Waals surface area contributed by atoms with Crippen LogP contribution in [0.5, 0.6) is 0 Å². The maximum atomic E-state index is 13.1. The number of nitrogens with one attached hydrogen (secondary N) is 1. The number of carbonyl (C=O) groups excluding carboxylic acids is 1. The van der Waals surface area contributed by atoms with Crippen LogP contribution >= 0.6 is 11.8 Å². The Hall–Kier alpha value is -2.77. The molecule has 1 amide bonds. The summed E-state index contributed by atoms with van der Waals surface area (Å²) in [4.78, 5) is 13.7. The van der Waals surface area contributed by atoms with E-state index < -0.39 is 10.0 Å². The van der Waals surface area contributed by atoms with Crippen molar-refractivity contribution in [3.8, 4) is 0 Å². The number of hydrogen-bond donors (Lipinski definition) is 1. The van der Waals surface area contributed by atoms with Gasteiger partial charge in [0.25, 0.3) is 15.9 Å². The molecule has 174 valence electrons. The van der Waals surface area contributed by atoms with Crippen LogP contribution in [0.1, 0.15) is 34.8 Å². The summed E-state index contributed by atoms with van der Waals surface area (Å²) in [6, 6.07) is 22.0. The summed E-state index contributed by atoms with van der Waals surface area (Å²) in [5.41, 5.74) is 3.52. The lowest BCUT2D eigenvalue weighted by Gasteiger charge is -2.23. The number of amides is 1. The van der Waals surface area contributed by atoms with Gasteiger partial charge >= 0.3 is 0 Å². The Kier molecular flexibility index (Phi) is 8.58. The molecule has 0 bridgehead atoms. The van der Waals surface area contributed by atoms with E-state index in [1.54, 1.807) is 67.2 Å². The normalized spacial score (nSPS) is 11.2. The summed E-state index contributed by atoms with van der Waals surface area (Å²) in [7, 11) is -3.69. The highest BCUT2D eigenvalue weighted by molar-refractivity contribution is 7.98. The van der Waals surface area contributed by atoms with Crippen LogP contribution in [0.2, 0.25) is 0 Å². The summed E-state index contributed by atoms with van der Waals surface area (Å²) in [5, 5.41) is 2.94. The van der Waals surface area contributed by atoms with E-state index in [1.165, 1.54) is 15.4 Å². The van der Waals surface area contributed by atoms with E-state index in [2.05, 4.69) is 36.5 Å². The molecule has 33 heavy (non-hydrogen) atoms. The molecule has 0 heterocycles. The van der Waals surface area contributed by atoms with Gasteiger partial charge in [-0.15, -0.1) is 11.8 Å². The first-order valence-corrected chi connectivity index (χ1v) is 13.6. The molecule has 0 fully saturated rings. The number of rotatable bonds is 10. The number of hydrogen-bond acceptors (Lipinski definition) is 4. The van der Waals surface area contributed by atoms with Gasteiger partial charge in [-0.1, -0.05) is 29.8 Å². The highest BCUT2D eigenvalue weighted by Crippen LogP contribution is 2.25. The van der Waals surface area contributed by atoms with Gasteiger partial charge in [0.2, 0.25) is 0 Å². The average molecular weight is 483 g/mol. The van der Waals surface area contributed by atoms with Gasteiger partial charge in [-0.3, -0.25) is 9.10 Å². The Morgan fingerprint density at radius 2 is 1.58 bits per heavy atom. The zero-order valence-electron chi connectivity index (χ0n) is 19.2. The topological polar surface area (TPSA) is 66.5 Å². The van der Waals surface area contributed by atoms with E-state index in [9.17, 15) is 13.2 Å². The van der Waals surface area contributed by atoms with Gasteiger partial charge in [0.05, 0.1) is 10.6 Å². The van der Waals surface area contributed by atoms with E-state index in [-0.39, 0.29) is 17.3 Å². The van der Waals surface area contributed by atoms with Crippen LogP contribution in [0.4, 0.5) is 5.69 Å². The van der Waals surface area contributed by atoms with Crippen molar-refractivity contribution in [1.29, 1.82) is 0 Å². The molecule has 0 aromatic heterocycles. The summed E-state index contributed by atoms with van der Waals surface area (Å²) in [6.45, 7) is 4.73. The molecule has 3 rings (SSSR count). The van der Waals surface area contributed by atoms with Crippen molar-refractivity contribution in [2.75, 3.05) is 23.7 Å². The standard InChI is InChI=1S/C26H30N2O3S2/c1-4-28(33(30,31)25-17-15-24(32-3)16-18-25)23-13-11-22(12-14-23)26(29)27-19-5-6-21-9-7-20(2)8-10-21/h7-18H,4-6,19H2,1-3H3,(H,27,29). The number of thioether (sulfide) groups is 1. The van der Waals surface area contributed by atoms with Crippen LogP contribution in [0.3, 0.4) is 0 Å². The molecule has 0 aliphatic carbocycles.